The molecule has 0 aromatic carbocycles. The fourth-order valence-electron chi connectivity index (χ4n) is 1.87. The molecule has 1 aliphatic heterocycles. The van der Waals surface area contributed by atoms with Gasteiger partial charge in [0.05, 0.1) is 6.61 Å². The summed E-state index contributed by atoms with van der Waals surface area (Å²) in [6.45, 7) is 6.44. The van der Waals surface area contributed by atoms with Crippen molar-refractivity contribution in [1.82, 2.24) is 9.97 Å². The highest BCUT2D eigenvalue weighted by molar-refractivity contribution is 5.34. The zero-order valence-corrected chi connectivity index (χ0v) is 9.76. The van der Waals surface area contributed by atoms with Crippen molar-refractivity contribution in [3.63, 3.8) is 0 Å². The van der Waals surface area contributed by atoms with E-state index in [-0.39, 0.29) is 6.04 Å². The summed E-state index contributed by atoms with van der Waals surface area (Å²) in [5, 5.41) is 0. The fourth-order valence-corrected chi connectivity index (χ4v) is 1.87. The highest BCUT2D eigenvalue weighted by Crippen LogP contribution is 2.20. The van der Waals surface area contributed by atoms with Crippen molar-refractivity contribution in [2.24, 2.45) is 11.7 Å². The summed E-state index contributed by atoms with van der Waals surface area (Å²) >= 11 is 0. The van der Waals surface area contributed by atoms with Crippen LogP contribution >= 0.6 is 0 Å². The third-order valence-corrected chi connectivity index (χ3v) is 2.86. The van der Waals surface area contributed by atoms with Crippen LogP contribution in [-0.4, -0.2) is 35.7 Å². The molecule has 16 heavy (non-hydrogen) atoms. The Labute approximate surface area is 95.6 Å². The van der Waals surface area contributed by atoms with E-state index < -0.39 is 0 Å². The summed E-state index contributed by atoms with van der Waals surface area (Å²) in [5.41, 5.74) is 5.97. The predicted molar refractivity (Wildman–Crippen MR) is 62.6 cm³/mol. The number of anilines is 1. The first-order valence-electron chi connectivity index (χ1n) is 5.67. The van der Waals surface area contributed by atoms with E-state index in [0.29, 0.717) is 24.4 Å². The fraction of sp³-hybridized carbons (Fsp3) is 0.636. The lowest BCUT2D eigenvalue weighted by atomic mass is 10.1. The summed E-state index contributed by atoms with van der Waals surface area (Å²) in [5.74, 6) is 1.82. The number of rotatable bonds is 3. The van der Waals surface area contributed by atoms with Gasteiger partial charge in [0.15, 0.2) is 0 Å². The summed E-state index contributed by atoms with van der Waals surface area (Å²) in [6, 6.07) is 1.98. The SMILES string of the molecule is CCOc1ccnc(N2CC(C)C(N)C2)n1. The van der Waals surface area contributed by atoms with Crippen LogP contribution in [-0.2, 0) is 0 Å². The zero-order chi connectivity index (χ0) is 11.5. The molecule has 0 bridgehead atoms. The van der Waals surface area contributed by atoms with Crippen LogP contribution in [0.2, 0.25) is 0 Å². The molecule has 1 aromatic heterocycles. The molecule has 2 atom stereocenters. The maximum atomic E-state index is 5.97. The zero-order valence-electron chi connectivity index (χ0n) is 9.76. The van der Waals surface area contributed by atoms with E-state index in [1.54, 1.807) is 12.3 Å². The molecule has 0 saturated carbocycles. The molecule has 1 aliphatic rings. The first-order valence-corrected chi connectivity index (χ1v) is 5.67. The number of nitrogens with two attached hydrogens (primary N) is 1. The van der Waals surface area contributed by atoms with Gasteiger partial charge in [-0.3, -0.25) is 0 Å². The summed E-state index contributed by atoms with van der Waals surface area (Å²) in [7, 11) is 0. The molecule has 2 heterocycles. The van der Waals surface area contributed by atoms with E-state index >= 15 is 0 Å². The van der Waals surface area contributed by atoms with Crippen LogP contribution in [0.5, 0.6) is 5.88 Å². The van der Waals surface area contributed by atoms with Crippen molar-refractivity contribution in [1.29, 1.82) is 0 Å². The number of nitrogens with zero attached hydrogens (tertiary/aromatic N) is 3. The molecular formula is C11H18N4O. The molecule has 0 spiro atoms. The van der Waals surface area contributed by atoms with Gasteiger partial charge in [-0.2, -0.15) is 4.98 Å². The third-order valence-electron chi connectivity index (χ3n) is 2.86. The van der Waals surface area contributed by atoms with Gasteiger partial charge < -0.3 is 15.4 Å². The Hall–Kier alpha value is -1.36. The normalized spacial score (nSPS) is 24.8. The van der Waals surface area contributed by atoms with Gasteiger partial charge in [0.2, 0.25) is 11.8 Å². The van der Waals surface area contributed by atoms with E-state index in [4.69, 9.17) is 10.5 Å². The molecule has 1 aromatic rings. The standard InChI is InChI=1S/C11H18N4O/c1-3-16-10-4-5-13-11(14-10)15-6-8(2)9(12)7-15/h4-5,8-9H,3,6-7,12H2,1-2H3. The van der Waals surface area contributed by atoms with Crippen LogP contribution in [0.15, 0.2) is 12.3 Å². The second kappa shape index (κ2) is 4.65. The molecule has 2 unspecified atom stereocenters. The topological polar surface area (TPSA) is 64.3 Å². The van der Waals surface area contributed by atoms with E-state index in [1.165, 1.54) is 0 Å². The average Bonchev–Trinajstić information content (AvgIpc) is 2.60. The van der Waals surface area contributed by atoms with Crippen molar-refractivity contribution in [2.45, 2.75) is 19.9 Å². The van der Waals surface area contributed by atoms with Crippen molar-refractivity contribution >= 4 is 5.95 Å². The van der Waals surface area contributed by atoms with Gasteiger partial charge in [0, 0.05) is 31.4 Å². The highest BCUT2D eigenvalue weighted by atomic mass is 16.5. The van der Waals surface area contributed by atoms with Gasteiger partial charge in [-0.1, -0.05) is 6.92 Å². The lowest BCUT2D eigenvalue weighted by Gasteiger charge is -2.15. The minimum Gasteiger partial charge on any atom is -0.478 e. The summed E-state index contributed by atoms with van der Waals surface area (Å²) < 4.78 is 5.35. The van der Waals surface area contributed by atoms with Crippen LogP contribution in [0.1, 0.15) is 13.8 Å². The van der Waals surface area contributed by atoms with Gasteiger partial charge >= 0.3 is 0 Å². The molecule has 0 aliphatic carbocycles. The number of hydrogen-bond acceptors (Lipinski definition) is 5. The molecule has 2 N–H and O–H groups in total. The molecule has 2 rings (SSSR count). The molecule has 0 amide bonds. The molecule has 88 valence electrons. The van der Waals surface area contributed by atoms with Crippen LogP contribution in [0, 0.1) is 5.92 Å². The maximum Gasteiger partial charge on any atom is 0.228 e. The summed E-state index contributed by atoms with van der Waals surface area (Å²) in [4.78, 5) is 10.7. The maximum absolute atomic E-state index is 5.97. The van der Waals surface area contributed by atoms with Gasteiger partial charge in [-0.25, -0.2) is 4.98 Å². The largest absolute Gasteiger partial charge is 0.478 e. The van der Waals surface area contributed by atoms with Gasteiger partial charge in [-0.05, 0) is 12.8 Å². The van der Waals surface area contributed by atoms with Crippen molar-refractivity contribution < 1.29 is 4.74 Å². The highest BCUT2D eigenvalue weighted by Gasteiger charge is 2.28. The minimum absolute atomic E-state index is 0.208. The Balaban J connectivity index is 2.12. The van der Waals surface area contributed by atoms with Gasteiger partial charge in [0.1, 0.15) is 0 Å². The lowest BCUT2D eigenvalue weighted by Crippen LogP contribution is -2.29. The average molecular weight is 222 g/mol. The molecule has 0 radical (unpaired) electrons. The van der Waals surface area contributed by atoms with E-state index in [1.807, 2.05) is 6.92 Å². The van der Waals surface area contributed by atoms with E-state index in [9.17, 15) is 0 Å². The Morgan fingerprint density at radius 3 is 3.00 bits per heavy atom. The molecule has 5 nitrogen and oxygen atoms in total. The molecule has 1 saturated heterocycles. The van der Waals surface area contributed by atoms with Crippen LogP contribution < -0.4 is 15.4 Å². The molecular weight excluding hydrogens is 204 g/mol. The molecule has 5 heteroatoms. The van der Waals surface area contributed by atoms with E-state index in [2.05, 4.69) is 21.8 Å². The Morgan fingerprint density at radius 1 is 1.56 bits per heavy atom. The number of ether oxygens (including phenoxy) is 1. The van der Waals surface area contributed by atoms with Crippen molar-refractivity contribution in [3.8, 4) is 5.88 Å². The predicted octanol–water partition coefficient (Wildman–Crippen LogP) is 0.659. The van der Waals surface area contributed by atoms with Crippen molar-refractivity contribution in [3.05, 3.63) is 12.3 Å². The monoisotopic (exact) mass is 222 g/mol. The van der Waals surface area contributed by atoms with Crippen LogP contribution in [0.4, 0.5) is 5.95 Å². The quantitative estimate of drug-likeness (QED) is 0.814. The number of hydrogen-bond donors (Lipinski definition) is 1. The van der Waals surface area contributed by atoms with Crippen LogP contribution in [0.3, 0.4) is 0 Å². The van der Waals surface area contributed by atoms with Gasteiger partial charge in [0.25, 0.3) is 0 Å². The Kier molecular flexibility index (Phi) is 3.24. The lowest BCUT2D eigenvalue weighted by molar-refractivity contribution is 0.326. The Morgan fingerprint density at radius 2 is 2.38 bits per heavy atom. The third kappa shape index (κ3) is 2.24. The minimum atomic E-state index is 0.208. The van der Waals surface area contributed by atoms with Crippen molar-refractivity contribution in [2.75, 3.05) is 24.6 Å². The Bertz CT molecular complexity index is 348. The molecule has 1 fully saturated rings. The van der Waals surface area contributed by atoms with E-state index in [0.717, 1.165) is 13.1 Å². The van der Waals surface area contributed by atoms with Crippen LogP contribution in [0.25, 0.3) is 0 Å². The number of aromatic nitrogens is 2. The van der Waals surface area contributed by atoms with Gasteiger partial charge in [-0.15, -0.1) is 0 Å². The first kappa shape index (κ1) is 11.1. The smallest absolute Gasteiger partial charge is 0.228 e. The second-order valence-electron chi connectivity index (χ2n) is 4.17. The summed E-state index contributed by atoms with van der Waals surface area (Å²) in [6.07, 6.45) is 1.72. The second-order valence-corrected chi connectivity index (χ2v) is 4.17. The first-order chi connectivity index (χ1) is 7.70.